The molecule has 2 aromatic rings. The topological polar surface area (TPSA) is 51.2 Å². The maximum atomic E-state index is 13.6. The number of methoxy groups -OCH3 is 1. The third kappa shape index (κ3) is 3.29. The zero-order chi connectivity index (χ0) is 13.8. The fraction of sp³-hybridized carbons (Fsp3) is 0.231. The van der Waals surface area contributed by atoms with Gasteiger partial charge in [-0.2, -0.15) is 0 Å². The van der Waals surface area contributed by atoms with E-state index in [1.807, 2.05) is 12.3 Å². The molecule has 0 aliphatic heterocycles. The number of aryl methyl sites for hydroxylation is 1. The van der Waals surface area contributed by atoms with E-state index < -0.39 is 11.8 Å². The van der Waals surface area contributed by atoms with E-state index in [9.17, 15) is 9.18 Å². The first-order chi connectivity index (χ1) is 9.10. The Balaban J connectivity index is 2.12. The van der Waals surface area contributed by atoms with Gasteiger partial charge in [-0.15, -0.1) is 11.3 Å². The molecule has 0 amide bonds. The van der Waals surface area contributed by atoms with Crippen molar-refractivity contribution >= 4 is 23.0 Å². The summed E-state index contributed by atoms with van der Waals surface area (Å²) in [5, 5.41) is 5.72. The second kappa shape index (κ2) is 5.79. The van der Waals surface area contributed by atoms with Crippen molar-refractivity contribution in [3.63, 3.8) is 0 Å². The Morgan fingerprint density at radius 2 is 2.32 bits per heavy atom. The standard InChI is InChI=1S/C13H13FN2O2S/c1-8-7-19-12(16-8)6-15-11-5-9(13(17)18-2)3-4-10(11)14/h3-5,7,15H,6H2,1-2H3. The van der Waals surface area contributed by atoms with Crippen molar-refractivity contribution in [2.75, 3.05) is 12.4 Å². The van der Waals surface area contributed by atoms with Crippen LogP contribution >= 0.6 is 11.3 Å². The largest absolute Gasteiger partial charge is 0.465 e. The average Bonchev–Trinajstić information content (AvgIpc) is 2.82. The maximum Gasteiger partial charge on any atom is 0.337 e. The lowest BCUT2D eigenvalue weighted by molar-refractivity contribution is 0.0600. The molecule has 0 saturated heterocycles. The summed E-state index contributed by atoms with van der Waals surface area (Å²) in [6.07, 6.45) is 0. The predicted molar refractivity (Wildman–Crippen MR) is 71.9 cm³/mol. The van der Waals surface area contributed by atoms with E-state index in [1.54, 1.807) is 0 Å². The fourth-order valence-corrected chi connectivity index (χ4v) is 2.27. The molecule has 1 N–H and O–H groups in total. The van der Waals surface area contributed by atoms with E-state index >= 15 is 0 Å². The van der Waals surface area contributed by atoms with Crippen LogP contribution in [0.1, 0.15) is 21.1 Å². The van der Waals surface area contributed by atoms with Crippen molar-refractivity contribution < 1.29 is 13.9 Å². The molecule has 0 aliphatic rings. The van der Waals surface area contributed by atoms with Gasteiger partial charge >= 0.3 is 5.97 Å². The number of anilines is 1. The number of esters is 1. The molecule has 1 aromatic heterocycles. The first-order valence-corrected chi connectivity index (χ1v) is 6.51. The summed E-state index contributed by atoms with van der Waals surface area (Å²) in [5.41, 5.74) is 1.50. The number of ether oxygens (including phenoxy) is 1. The van der Waals surface area contributed by atoms with Gasteiger partial charge in [-0.05, 0) is 25.1 Å². The Morgan fingerprint density at radius 1 is 1.53 bits per heavy atom. The molecular formula is C13H13FN2O2S. The molecule has 100 valence electrons. The monoisotopic (exact) mass is 280 g/mol. The van der Waals surface area contributed by atoms with Crippen molar-refractivity contribution in [1.29, 1.82) is 0 Å². The summed E-state index contributed by atoms with van der Waals surface area (Å²) in [5.74, 6) is -0.908. The van der Waals surface area contributed by atoms with Crippen molar-refractivity contribution in [1.82, 2.24) is 4.98 Å². The highest BCUT2D eigenvalue weighted by Crippen LogP contribution is 2.18. The molecule has 1 aromatic carbocycles. The molecule has 0 fully saturated rings. The normalized spacial score (nSPS) is 10.3. The van der Waals surface area contributed by atoms with Gasteiger partial charge in [-0.1, -0.05) is 0 Å². The molecule has 0 radical (unpaired) electrons. The van der Waals surface area contributed by atoms with Crippen LogP contribution in [0, 0.1) is 12.7 Å². The molecule has 2 rings (SSSR count). The van der Waals surface area contributed by atoms with Gasteiger partial charge in [-0.25, -0.2) is 14.2 Å². The minimum Gasteiger partial charge on any atom is -0.465 e. The highest BCUT2D eigenvalue weighted by molar-refractivity contribution is 7.09. The Hall–Kier alpha value is -1.95. The second-order valence-corrected chi connectivity index (χ2v) is 4.87. The quantitative estimate of drug-likeness (QED) is 0.875. The zero-order valence-electron chi connectivity index (χ0n) is 10.6. The Kier molecular flexibility index (Phi) is 4.11. The van der Waals surface area contributed by atoms with Crippen LogP contribution in [0.2, 0.25) is 0 Å². The number of halogens is 1. The summed E-state index contributed by atoms with van der Waals surface area (Å²) in [6, 6.07) is 4.06. The van der Waals surface area contributed by atoms with Gasteiger partial charge in [0.15, 0.2) is 0 Å². The number of carbonyl (C=O) groups excluding carboxylic acids is 1. The number of thiazole rings is 1. The number of nitrogens with one attached hydrogen (secondary N) is 1. The summed E-state index contributed by atoms with van der Waals surface area (Å²) >= 11 is 1.50. The average molecular weight is 280 g/mol. The lowest BCUT2D eigenvalue weighted by atomic mass is 10.2. The molecule has 0 aliphatic carbocycles. The minimum atomic E-state index is -0.492. The molecule has 0 unspecified atom stereocenters. The van der Waals surface area contributed by atoms with Gasteiger partial charge < -0.3 is 10.1 Å². The lowest BCUT2D eigenvalue weighted by Gasteiger charge is -2.07. The van der Waals surface area contributed by atoms with Crippen LogP contribution in [0.25, 0.3) is 0 Å². The number of carbonyl (C=O) groups is 1. The summed E-state index contributed by atoms with van der Waals surface area (Å²) < 4.78 is 18.2. The molecule has 0 spiro atoms. The zero-order valence-corrected chi connectivity index (χ0v) is 11.4. The van der Waals surface area contributed by atoms with E-state index in [0.29, 0.717) is 12.1 Å². The third-order valence-electron chi connectivity index (χ3n) is 2.48. The molecule has 19 heavy (non-hydrogen) atoms. The van der Waals surface area contributed by atoms with Crippen LogP contribution in [0.15, 0.2) is 23.6 Å². The fourth-order valence-electron chi connectivity index (χ4n) is 1.56. The lowest BCUT2D eigenvalue weighted by Crippen LogP contribution is -2.05. The van der Waals surface area contributed by atoms with Gasteiger partial charge in [0.1, 0.15) is 10.8 Å². The van der Waals surface area contributed by atoms with E-state index in [4.69, 9.17) is 0 Å². The van der Waals surface area contributed by atoms with Crippen LogP contribution in [-0.4, -0.2) is 18.1 Å². The van der Waals surface area contributed by atoms with Crippen molar-refractivity contribution in [3.05, 3.63) is 45.7 Å². The Bertz CT molecular complexity index is 598. The number of nitrogens with zero attached hydrogens (tertiary/aromatic N) is 1. The first kappa shape index (κ1) is 13.5. The van der Waals surface area contributed by atoms with Crippen molar-refractivity contribution in [2.45, 2.75) is 13.5 Å². The number of aromatic nitrogens is 1. The van der Waals surface area contributed by atoms with E-state index in [0.717, 1.165) is 10.7 Å². The van der Waals surface area contributed by atoms with E-state index in [-0.39, 0.29) is 5.69 Å². The Labute approximate surface area is 114 Å². The molecule has 1 heterocycles. The smallest absolute Gasteiger partial charge is 0.337 e. The second-order valence-electron chi connectivity index (χ2n) is 3.92. The molecular weight excluding hydrogens is 267 g/mol. The Morgan fingerprint density at radius 3 is 2.95 bits per heavy atom. The number of rotatable bonds is 4. The minimum absolute atomic E-state index is 0.260. The van der Waals surface area contributed by atoms with E-state index in [1.165, 1.54) is 36.6 Å². The summed E-state index contributed by atoms with van der Waals surface area (Å²) in [6.45, 7) is 2.32. The van der Waals surface area contributed by atoms with Crippen LogP contribution < -0.4 is 5.32 Å². The molecule has 0 bridgehead atoms. The summed E-state index contributed by atoms with van der Waals surface area (Å²) in [7, 11) is 1.29. The van der Waals surface area contributed by atoms with E-state index in [2.05, 4.69) is 15.0 Å². The first-order valence-electron chi connectivity index (χ1n) is 5.63. The molecule has 4 nitrogen and oxygen atoms in total. The predicted octanol–water partition coefficient (Wildman–Crippen LogP) is 2.99. The van der Waals surface area contributed by atoms with Crippen molar-refractivity contribution in [3.8, 4) is 0 Å². The van der Waals surface area contributed by atoms with Crippen LogP contribution in [-0.2, 0) is 11.3 Å². The van der Waals surface area contributed by atoms with Gasteiger partial charge in [0.25, 0.3) is 0 Å². The van der Waals surface area contributed by atoms with Gasteiger partial charge in [-0.3, -0.25) is 0 Å². The summed E-state index contributed by atoms with van der Waals surface area (Å²) in [4.78, 5) is 15.6. The van der Waals surface area contributed by atoms with Gasteiger partial charge in [0.05, 0.1) is 24.9 Å². The molecule has 0 saturated carbocycles. The van der Waals surface area contributed by atoms with Crippen LogP contribution in [0.5, 0.6) is 0 Å². The highest BCUT2D eigenvalue weighted by atomic mass is 32.1. The number of hydrogen-bond donors (Lipinski definition) is 1. The number of benzene rings is 1. The van der Waals surface area contributed by atoms with Gasteiger partial charge in [0, 0.05) is 11.1 Å². The molecule has 0 atom stereocenters. The number of hydrogen-bond acceptors (Lipinski definition) is 5. The van der Waals surface area contributed by atoms with Crippen LogP contribution in [0.3, 0.4) is 0 Å². The van der Waals surface area contributed by atoms with Crippen LogP contribution in [0.4, 0.5) is 10.1 Å². The third-order valence-corrected chi connectivity index (χ3v) is 3.45. The molecule has 6 heteroatoms. The highest BCUT2D eigenvalue weighted by Gasteiger charge is 2.10. The maximum absolute atomic E-state index is 13.6. The van der Waals surface area contributed by atoms with Crippen molar-refractivity contribution in [2.24, 2.45) is 0 Å². The SMILES string of the molecule is COC(=O)c1ccc(F)c(NCc2nc(C)cs2)c1. The van der Waals surface area contributed by atoms with Gasteiger partial charge in [0.2, 0.25) is 0 Å².